The van der Waals surface area contributed by atoms with Crippen molar-refractivity contribution in [2.45, 2.75) is 66.0 Å². The standard InChI is InChI=1S/C14H29O4P/c1-6-8-10-17-19(16,18-11-9-7-2)13(5)14(15)12(3)4/h12-13H,6-11H2,1-5H3. The Hall–Kier alpha value is -0.180. The molecule has 0 aromatic heterocycles. The van der Waals surface area contributed by atoms with Crippen molar-refractivity contribution in [3.8, 4) is 0 Å². The molecular formula is C14H29O4P. The largest absolute Gasteiger partial charge is 0.340 e. The number of unbranched alkanes of at least 4 members (excludes halogenated alkanes) is 2. The minimum atomic E-state index is -3.33. The lowest BCUT2D eigenvalue weighted by atomic mass is 10.1. The van der Waals surface area contributed by atoms with Gasteiger partial charge in [0.15, 0.2) is 0 Å². The van der Waals surface area contributed by atoms with Crippen LogP contribution in [0.1, 0.15) is 60.3 Å². The van der Waals surface area contributed by atoms with Gasteiger partial charge in [-0.3, -0.25) is 9.36 Å². The predicted octanol–water partition coefficient (Wildman–Crippen LogP) is 4.43. The van der Waals surface area contributed by atoms with Crippen molar-refractivity contribution in [2.75, 3.05) is 13.2 Å². The van der Waals surface area contributed by atoms with Crippen molar-refractivity contribution in [3.05, 3.63) is 0 Å². The van der Waals surface area contributed by atoms with E-state index in [1.165, 1.54) is 0 Å². The maximum atomic E-state index is 12.7. The fraction of sp³-hybridized carbons (Fsp3) is 0.929. The van der Waals surface area contributed by atoms with Crippen LogP contribution in [0, 0.1) is 5.92 Å². The highest BCUT2D eigenvalue weighted by molar-refractivity contribution is 7.55. The topological polar surface area (TPSA) is 52.6 Å². The molecule has 0 spiro atoms. The van der Waals surface area contributed by atoms with Gasteiger partial charge >= 0.3 is 7.60 Å². The first-order valence-electron chi connectivity index (χ1n) is 7.31. The van der Waals surface area contributed by atoms with E-state index in [0.717, 1.165) is 25.7 Å². The van der Waals surface area contributed by atoms with E-state index < -0.39 is 13.3 Å². The summed E-state index contributed by atoms with van der Waals surface area (Å²) in [6.07, 6.45) is 3.57. The van der Waals surface area contributed by atoms with Gasteiger partial charge in [-0.1, -0.05) is 40.5 Å². The van der Waals surface area contributed by atoms with Crippen LogP contribution in [-0.4, -0.2) is 24.7 Å². The lowest BCUT2D eigenvalue weighted by Gasteiger charge is -2.24. The Morgan fingerprint density at radius 3 is 1.74 bits per heavy atom. The lowest BCUT2D eigenvalue weighted by molar-refractivity contribution is -0.121. The van der Waals surface area contributed by atoms with Gasteiger partial charge in [-0.05, 0) is 19.8 Å². The Morgan fingerprint density at radius 1 is 1.00 bits per heavy atom. The molecule has 0 aliphatic rings. The van der Waals surface area contributed by atoms with Crippen molar-refractivity contribution in [2.24, 2.45) is 5.92 Å². The molecule has 0 N–H and O–H groups in total. The Labute approximate surface area is 117 Å². The molecule has 0 aromatic rings. The number of hydrogen-bond acceptors (Lipinski definition) is 4. The molecule has 0 saturated heterocycles. The summed E-state index contributed by atoms with van der Waals surface area (Å²) in [5.41, 5.74) is -0.679. The summed E-state index contributed by atoms with van der Waals surface area (Å²) >= 11 is 0. The molecule has 0 heterocycles. The summed E-state index contributed by atoms with van der Waals surface area (Å²) in [5, 5.41) is 0. The molecule has 114 valence electrons. The fourth-order valence-corrected chi connectivity index (χ4v) is 3.47. The smallest absolute Gasteiger partial charge is 0.308 e. The molecule has 0 saturated carbocycles. The van der Waals surface area contributed by atoms with Gasteiger partial charge < -0.3 is 9.05 Å². The zero-order valence-corrected chi connectivity index (χ0v) is 13.9. The summed E-state index contributed by atoms with van der Waals surface area (Å²) in [4.78, 5) is 12.0. The fourth-order valence-electron chi connectivity index (χ4n) is 1.57. The van der Waals surface area contributed by atoms with Crippen LogP contribution in [0.5, 0.6) is 0 Å². The Kier molecular flexibility index (Phi) is 9.59. The summed E-state index contributed by atoms with van der Waals surface area (Å²) in [7, 11) is -3.33. The van der Waals surface area contributed by atoms with Gasteiger partial charge in [0, 0.05) is 5.92 Å². The highest BCUT2D eigenvalue weighted by Crippen LogP contribution is 2.54. The summed E-state index contributed by atoms with van der Waals surface area (Å²) in [5.74, 6) is -0.218. The Balaban J connectivity index is 4.71. The third-order valence-corrected chi connectivity index (χ3v) is 5.28. The van der Waals surface area contributed by atoms with Crippen LogP contribution in [-0.2, 0) is 18.4 Å². The maximum Gasteiger partial charge on any atom is 0.340 e. The number of Topliss-reactive ketones (excluding diaryl/α,β-unsaturated/α-hetero) is 1. The van der Waals surface area contributed by atoms with Crippen molar-refractivity contribution >= 4 is 13.4 Å². The zero-order chi connectivity index (χ0) is 14.9. The molecule has 0 amide bonds. The van der Waals surface area contributed by atoms with Gasteiger partial charge in [0.1, 0.15) is 11.4 Å². The number of carbonyl (C=O) groups excluding carboxylic acids is 1. The van der Waals surface area contributed by atoms with Crippen LogP contribution in [0.25, 0.3) is 0 Å². The van der Waals surface area contributed by atoms with E-state index in [2.05, 4.69) is 0 Å². The van der Waals surface area contributed by atoms with Crippen LogP contribution in [0.4, 0.5) is 0 Å². The van der Waals surface area contributed by atoms with Crippen LogP contribution in [0.2, 0.25) is 0 Å². The molecule has 1 unspecified atom stereocenters. The number of rotatable bonds is 11. The lowest BCUT2D eigenvalue weighted by Crippen LogP contribution is -2.25. The van der Waals surface area contributed by atoms with Gasteiger partial charge in [0.25, 0.3) is 0 Å². The van der Waals surface area contributed by atoms with Crippen molar-refractivity contribution in [3.63, 3.8) is 0 Å². The highest BCUT2D eigenvalue weighted by atomic mass is 31.2. The van der Waals surface area contributed by atoms with E-state index in [0.29, 0.717) is 13.2 Å². The minimum absolute atomic E-state index is 0.0590. The molecule has 4 nitrogen and oxygen atoms in total. The second-order valence-electron chi connectivity index (χ2n) is 5.15. The minimum Gasteiger partial charge on any atom is -0.308 e. The average Bonchev–Trinajstić information content (AvgIpc) is 2.37. The molecule has 5 heteroatoms. The SMILES string of the molecule is CCCCOP(=O)(OCCCC)C(C)C(=O)C(C)C. The summed E-state index contributed by atoms with van der Waals surface area (Å²) < 4.78 is 23.7. The summed E-state index contributed by atoms with van der Waals surface area (Å²) in [6.45, 7) is 10.1. The van der Waals surface area contributed by atoms with E-state index in [9.17, 15) is 9.36 Å². The average molecular weight is 292 g/mol. The van der Waals surface area contributed by atoms with E-state index in [1.807, 2.05) is 13.8 Å². The van der Waals surface area contributed by atoms with Gasteiger partial charge in [0.2, 0.25) is 0 Å². The van der Waals surface area contributed by atoms with Crippen molar-refractivity contribution in [1.29, 1.82) is 0 Å². The van der Waals surface area contributed by atoms with Gasteiger partial charge in [-0.2, -0.15) is 0 Å². The van der Waals surface area contributed by atoms with Crippen LogP contribution < -0.4 is 0 Å². The van der Waals surface area contributed by atoms with Gasteiger partial charge in [-0.25, -0.2) is 0 Å². The van der Waals surface area contributed by atoms with E-state index >= 15 is 0 Å². The molecule has 0 bridgehead atoms. The zero-order valence-electron chi connectivity index (χ0n) is 13.0. The molecule has 0 aromatic carbocycles. The molecule has 0 aliphatic heterocycles. The Morgan fingerprint density at radius 2 is 1.42 bits per heavy atom. The molecule has 19 heavy (non-hydrogen) atoms. The van der Waals surface area contributed by atoms with Gasteiger partial charge in [0.05, 0.1) is 13.2 Å². The normalized spacial score (nSPS) is 13.8. The second kappa shape index (κ2) is 9.68. The molecular weight excluding hydrogens is 263 g/mol. The number of carbonyl (C=O) groups is 1. The van der Waals surface area contributed by atoms with Gasteiger partial charge in [-0.15, -0.1) is 0 Å². The first kappa shape index (κ1) is 18.8. The second-order valence-corrected chi connectivity index (χ2v) is 7.52. The van der Waals surface area contributed by atoms with Crippen LogP contribution >= 0.6 is 7.60 Å². The van der Waals surface area contributed by atoms with E-state index in [1.54, 1.807) is 20.8 Å². The third-order valence-electron chi connectivity index (χ3n) is 2.99. The molecule has 0 rings (SSSR count). The summed E-state index contributed by atoms with van der Waals surface area (Å²) in [6, 6.07) is 0. The van der Waals surface area contributed by atoms with Crippen molar-refractivity contribution < 1.29 is 18.4 Å². The van der Waals surface area contributed by atoms with Crippen molar-refractivity contribution in [1.82, 2.24) is 0 Å². The first-order valence-corrected chi connectivity index (χ1v) is 8.92. The monoisotopic (exact) mass is 292 g/mol. The first-order chi connectivity index (χ1) is 8.89. The quantitative estimate of drug-likeness (QED) is 0.417. The molecule has 0 aliphatic carbocycles. The highest BCUT2D eigenvalue weighted by Gasteiger charge is 2.38. The molecule has 1 atom stereocenters. The Bertz CT molecular complexity index is 288. The maximum absolute atomic E-state index is 12.7. The van der Waals surface area contributed by atoms with E-state index in [4.69, 9.17) is 9.05 Å². The third kappa shape index (κ3) is 6.69. The number of hydrogen-bond donors (Lipinski definition) is 0. The molecule has 0 fully saturated rings. The van der Waals surface area contributed by atoms with Crippen LogP contribution in [0.3, 0.4) is 0 Å². The van der Waals surface area contributed by atoms with E-state index in [-0.39, 0.29) is 11.7 Å². The molecule has 0 radical (unpaired) electrons. The number of ketones is 1. The predicted molar refractivity (Wildman–Crippen MR) is 78.6 cm³/mol. The van der Waals surface area contributed by atoms with Crippen LogP contribution in [0.15, 0.2) is 0 Å².